The van der Waals surface area contributed by atoms with Crippen LogP contribution in [0.3, 0.4) is 0 Å². The molecule has 1 heterocycles. The first-order valence-electron chi connectivity index (χ1n) is 11.6. The Morgan fingerprint density at radius 2 is 1.66 bits per heavy atom. The Hall–Kier alpha value is -3.51. The van der Waals surface area contributed by atoms with Gasteiger partial charge in [0.15, 0.2) is 0 Å². The van der Waals surface area contributed by atoms with Gasteiger partial charge in [-0.1, -0.05) is 61.8 Å². The first-order chi connectivity index (χ1) is 16.8. The molecule has 1 aromatic heterocycles. The topological polar surface area (TPSA) is 55.2 Å². The van der Waals surface area contributed by atoms with E-state index in [9.17, 15) is 14.0 Å². The van der Waals surface area contributed by atoms with Crippen LogP contribution >= 0.6 is 11.6 Å². The van der Waals surface area contributed by atoms with Gasteiger partial charge in [0, 0.05) is 6.54 Å². The molecule has 0 spiro atoms. The molecule has 0 bridgehead atoms. The number of hydrogen-bond acceptors (Lipinski definition) is 3. The predicted molar refractivity (Wildman–Crippen MR) is 138 cm³/mol. The summed E-state index contributed by atoms with van der Waals surface area (Å²) in [5.74, 6) is -0.373. The molecule has 7 heteroatoms. The summed E-state index contributed by atoms with van der Waals surface area (Å²) in [6.45, 7) is 6.30. The van der Waals surface area contributed by atoms with Crippen molar-refractivity contribution in [1.29, 1.82) is 0 Å². The van der Waals surface area contributed by atoms with Crippen molar-refractivity contribution < 1.29 is 9.18 Å². The lowest BCUT2D eigenvalue weighted by molar-refractivity contribution is 0.0666. The summed E-state index contributed by atoms with van der Waals surface area (Å²) in [7, 11) is 0. The highest BCUT2D eigenvalue weighted by molar-refractivity contribution is 6.32. The molecule has 0 saturated heterocycles. The Kier molecular flexibility index (Phi) is 7.31. The van der Waals surface area contributed by atoms with Gasteiger partial charge in [-0.2, -0.15) is 0 Å². The number of benzene rings is 3. The van der Waals surface area contributed by atoms with Gasteiger partial charge in [0.2, 0.25) is 0 Å². The fourth-order valence-electron chi connectivity index (χ4n) is 4.09. The molecule has 5 nitrogen and oxygen atoms in total. The summed E-state index contributed by atoms with van der Waals surface area (Å²) in [6.07, 6.45) is 0.703. The third-order valence-corrected chi connectivity index (χ3v) is 6.37. The van der Waals surface area contributed by atoms with Crippen LogP contribution in [0.2, 0.25) is 5.02 Å². The maximum absolute atomic E-state index is 14.6. The van der Waals surface area contributed by atoms with Gasteiger partial charge >= 0.3 is 0 Å². The zero-order chi connectivity index (χ0) is 25.1. The third-order valence-electron chi connectivity index (χ3n) is 6.05. The van der Waals surface area contributed by atoms with E-state index in [1.54, 1.807) is 59.5 Å². The number of para-hydroxylation sites is 2. The van der Waals surface area contributed by atoms with Crippen molar-refractivity contribution in [3.8, 4) is 5.69 Å². The highest BCUT2D eigenvalue weighted by Gasteiger charge is 2.29. The normalized spacial score (nSPS) is 12.2. The summed E-state index contributed by atoms with van der Waals surface area (Å²) in [4.78, 5) is 33.7. The Bertz CT molecular complexity index is 1430. The van der Waals surface area contributed by atoms with Crippen molar-refractivity contribution in [3.63, 3.8) is 0 Å². The van der Waals surface area contributed by atoms with Crippen LogP contribution in [-0.4, -0.2) is 26.9 Å². The van der Waals surface area contributed by atoms with Crippen molar-refractivity contribution >= 4 is 28.4 Å². The van der Waals surface area contributed by atoms with Crippen LogP contribution in [0.4, 0.5) is 4.39 Å². The Morgan fingerprint density at radius 3 is 2.37 bits per heavy atom. The summed E-state index contributed by atoms with van der Waals surface area (Å²) < 4.78 is 16.1. The first kappa shape index (κ1) is 24.6. The lowest BCUT2D eigenvalue weighted by Crippen LogP contribution is -2.39. The second-order valence-electron chi connectivity index (χ2n) is 8.92. The smallest absolute Gasteiger partial charge is 0.266 e. The van der Waals surface area contributed by atoms with Crippen LogP contribution in [0.25, 0.3) is 16.6 Å². The Labute approximate surface area is 208 Å². The molecular formula is C28H27ClFN3O2. The van der Waals surface area contributed by atoms with Gasteiger partial charge in [0.25, 0.3) is 11.5 Å². The molecule has 0 aliphatic heterocycles. The molecule has 1 amide bonds. The van der Waals surface area contributed by atoms with E-state index in [0.29, 0.717) is 46.3 Å². The summed E-state index contributed by atoms with van der Waals surface area (Å²) in [6, 6.07) is 19.4. The summed E-state index contributed by atoms with van der Waals surface area (Å²) in [5, 5.41) is 0.826. The minimum atomic E-state index is -0.644. The molecule has 0 fully saturated rings. The van der Waals surface area contributed by atoms with Crippen LogP contribution in [-0.2, 0) is 0 Å². The molecule has 0 N–H and O–H groups in total. The largest absolute Gasteiger partial charge is 0.329 e. The van der Waals surface area contributed by atoms with E-state index in [1.807, 2.05) is 13.0 Å². The molecule has 4 rings (SSSR count). The van der Waals surface area contributed by atoms with Crippen molar-refractivity contribution in [2.45, 2.75) is 33.2 Å². The maximum atomic E-state index is 14.6. The maximum Gasteiger partial charge on any atom is 0.266 e. The monoisotopic (exact) mass is 491 g/mol. The third kappa shape index (κ3) is 4.98. The van der Waals surface area contributed by atoms with Crippen LogP contribution < -0.4 is 5.56 Å². The van der Waals surface area contributed by atoms with Crippen molar-refractivity contribution in [3.05, 3.63) is 105 Å². The molecule has 0 saturated carbocycles. The van der Waals surface area contributed by atoms with E-state index in [1.165, 1.54) is 16.7 Å². The molecule has 4 aromatic rings. The lowest BCUT2D eigenvalue weighted by Gasteiger charge is -2.31. The molecule has 180 valence electrons. The highest BCUT2D eigenvalue weighted by atomic mass is 35.5. The van der Waals surface area contributed by atoms with E-state index in [-0.39, 0.29) is 11.1 Å². The molecule has 3 aromatic carbocycles. The first-order valence-corrected chi connectivity index (χ1v) is 12.0. The van der Waals surface area contributed by atoms with E-state index in [4.69, 9.17) is 16.6 Å². The van der Waals surface area contributed by atoms with Crippen molar-refractivity contribution in [2.24, 2.45) is 5.92 Å². The standard InChI is InChI=1S/C28H27ClFN3O2/c1-18(2)16-17-32(27(34)20-10-4-7-13-23(20)30)19(3)26-31-24-14-8-5-11-21(24)28(35)33(26)25-15-9-6-12-22(25)29/h4-15,18-19H,16-17H2,1-3H3. The molecule has 1 atom stereocenters. The molecule has 0 radical (unpaired) electrons. The fourth-order valence-corrected chi connectivity index (χ4v) is 4.31. The Morgan fingerprint density at radius 1 is 1.00 bits per heavy atom. The summed E-state index contributed by atoms with van der Waals surface area (Å²) in [5.41, 5.74) is 0.689. The predicted octanol–water partition coefficient (Wildman–Crippen LogP) is 6.43. The van der Waals surface area contributed by atoms with E-state index in [2.05, 4.69) is 13.8 Å². The summed E-state index contributed by atoms with van der Waals surface area (Å²) >= 11 is 6.50. The van der Waals surface area contributed by atoms with Crippen molar-refractivity contribution in [2.75, 3.05) is 6.54 Å². The van der Waals surface area contributed by atoms with Crippen LogP contribution in [0, 0.1) is 11.7 Å². The van der Waals surface area contributed by atoms with Gasteiger partial charge in [0.1, 0.15) is 11.6 Å². The van der Waals surface area contributed by atoms with Gasteiger partial charge in [-0.25, -0.2) is 9.37 Å². The van der Waals surface area contributed by atoms with Gasteiger partial charge in [0.05, 0.1) is 33.2 Å². The Balaban J connectivity index is 1.93. The number of rotatable bonds is 7. The number of carbonyl (C=O) groups is 1. The van der Waals surface area contributed by atoms with Crippen LogP contribution in [0.1, 0.15) is 49.4 Å². The SMILES string of the molecule is CC(C)CCN(C(=O)c1ccccc1F)C(C)c1nc2ccccc2c(=O)n1-c1ccccc1Cl. The zero-order valence-corrected chi connectivity index (χ0v) is 20.7. The molecular weight excluding hydrogens is 465 g/mol. The number of nitrogens with zero attached hydrogens (tertiary/aromatic N) is 3. The fraction of sp³-hybridized carbons (Fsp3) is 0.250. The van der Waals surface area contributed by atoms with Crippen molar-refractivity contribution in [1.82, 2.24) is 14.5 Å². The lowest BCUT2D eigenvalue weighted by atomic mass is 10.1. The number of carbonyl (C=O) groups excluding carboxylic acids is 1. The molecule has 0 aliphatic rings. The number of aromatic nitrogens is 2. The zero-order valence-electron chi connectivity index (χ0n) is 19.9. The quantitative estimate of drug-likeness (QED) is 0.299. The second-order valence-corrected chi connectivity index (χ2v) is 9.32. The second kappa shape index (κ2) is 10.4. The van der Waals surface area contributed by atoms with E-state index >= 15 is 0 Å². The van der Waals surface area contributed by atoms with Gasteiger partial charge < -0.3 is 4.90 Å². The highest BCUT2D eigenvalue weighted by Crippen LogP contribution is 2.28. The van der Waals surface area contributed by atoms with Gasteiger partial charge in [-0.3, -0.25) is 14.2 Å². The van der Waals surface area contributed by atoms with E-state index < -0.39 is 17.8 Å². The van der Waals surface area contributed by atoms with Gasteiger partial charge in [-0.05, 0) is 55.7 Å². The molecule has 35 heavy (non-hydrogen) atoms. The minimum Gasteiger partial charge on any atom is -0.329 e. The minimum absolute atomic E-state index is 0.0180. The molecule has 0 aliphatic carbocycles. The van der Waals surface area contributed by atoms with Crippen LogP contribution in [0.5, 0.6) is 0 Å². The average molecular weight is 492 g/mol. The number of halogens is 2. The molecule has 1 unspecified atom stereocenters. The van der Waals surface area contributed by atoms with E-state index in [0.717, 1.165) is 0 Å². The number of amides is 1. The number of hydrogen-bond donors (Lipinski definition) is 0. The van der Waals surface area contributed by atoms with Gasteiger partial charge in [-0.15, -0.1) is 0 Å². The van der Waals surface area contributed by atoms with Crippen LogP contribution in [0.15, 0.2) is 77.6 Å². The average Bonchev–Trinajstić information content (AvgIpc) is 2.84. The number of fused-ring (bicyclic) bond motifs is 1.